The number of hydroxylamine groups is 2. The summed E-state index contributed by atoms with van der Waals surface area (Å²) in [5.41, 5.74) is 5.63. The summed E-state index contributed by atoms with van der Waals surface area (Å²) in [5, 5.41) is 95.9. The topological polar surface area (TPSA) is 497 Å². The normalized spacial score (nSPS) is 19.7. The SMILES string of the molecule is CCCCCCCCCCCC(=O)NC(C(=O)NC(CO)C(=O)NC(CO)C(=O)NC1CCCNC(=O)C(CCCN(O)N=O)NC(=O)CNC(=O)C(CCCCN)NC(=O)C(CCC[N+]([O-])=NO)NC1=O)C(O)C(=O)O. The van der Waals surface area contributed by atoms with Gasteiger partial charge in [0.05, 0.1) is 31.6 Å². The highest BCUT2D eigenvalue weighted by atomic mass is 16.6. The largest absolute Gasteiger partial charge is 0.597 e. The van der Waals surface area contributed by atoms with Crippen molar-refractivity contribution in [2.45, 2.75) is 177 Å². The molecule has 1 heterocycles. The number of nitrogens with one attached hydrogen (secondary N) is 9. The third-order valence-corrected chi connectivity index (χ3v) is 12.1. The Kier molecular flexibility index (Phi) is 34.9. The molecule has 1 rings (SSSR count). The van der Waals surface area contributed by atoms with E-state index in [1.165, 1.54) is 0 Å². The minimum absolute atomic E-state index is 0.0309. The Morgan fingerprint density at radius 3 is 1.91 bits per heavy atom. The van der Waals surface area contributed by atoms with Crippen LogP contribution < -0.4 is 53.6 Å². The number of amides is 9. The molecule has 17 N–H and O–H groups in total. The van der Waals surface area contributed by atoms with Crippen LogP contribution in [0.3, 0.4) is 0 Å². The first-order valence-corrected chi connectivity index (χ1v) is 25.8. The van der Waals surface area contributed by atoms with Crippen LogP contribution >= 0.6 is 0 Å². The summed E-state index contributed by atoms with van der Waals surface area (Å²) in [4.78, 5) is 143. The molecule has 0 aromatic carbocycles. The second-order valence-electron chi connectivity index (χ2n) is 18.3. The van der Waals surface area contributed by atoms with Crippen LogP contribution in [0.5, 0.6) is 0 Å². The average Bonchev–Trinajstić information content (AvgIpc) is 3.40. The number of unbranched alkanes of at least 4 members (excludes halogenated alkanes) is 9. The predicted molar refractivity (Wildman–Crippen MR) is 267 cm³/mol. The second kappa shape index (κ2) is 39.5. The summed E-state index contributed by atoms with van der Waals surface area (Å²) >= 11 is 0. The Morgan fingerprint density at radius 1 is 0.740 bits per heavy atom. The number of nitrogens with two attached hydrogens (primary N) is 1. The fraction of sp³-hybridized carbons (Fsp3) is 0.778. The molecule has 0 saturated carbocycles. The minimum atomic E-state index is -2.51. The van der Waals surface area contributed by atoms with Crippen molar-refractivity contribution in [2.75, 3.05) is 45.9 Å². The zero-order valence-electron chi connectivity index (χ0n) is 43.5. The van der Waals surface area contributed by atoms with E-state index >= 15 is 0 Å². The molecule has 1 aliphatic heterocycles. The van der Waals surface area contributed by atoms with Crippen molar-refractivity contribution in [3.8, 4) is 0 Å². The molecule has 8 unspecified atom stereocenters. The van der Waals surface area contributed by atoms with Crippen molar-refractivity contribution < 1.29 is 83.6 Å². The summed E-state index contributed by atoms with van der Waals surface area (Å²) in [6.07, 6.45) is 5.10. The molecule has 32 heteroatoms. The molecule has 0 aromatic heterocycles. The van der Waals surface area contributed by atoms with Crippen LogP contribution in [-0.2, 0) is 47.9 Å². The van der Waals surface area contributed by atoms with Crippen molar-refractivity contribution in [1.82, 2.24) is 53.0 Å². The smallest absolute Gasteiger partial charge is 0.335 e. The van der Waals surface area contributed by atoms with Crippen LogP contribution in [0.15, 0.2) is 10.6 Å². The van der Waals surface area contributed by atoms with E-state index < -0.39 is 134 Å². The summed E-state index contributed by atoms with van der Waals surface area (Å²) in [6.45, 7) is -1.83. The molecule has 1 saturated heterocycles. The lowest BCUT2D eigenvalue weighted by atomic mass is 10.0. The highest BCUT2D eigenvalue weighted by Crippen LogP contribution is 2.12. The number of carbonyl (C=O) groups excluding carboxylic acids is 9. The van der Waals surface area contributed by atoms with Crippen molar-refractivity contribution in [3.63, 3.8) is 0 Å². The first kappa shape index (κ1) is 68.1. The third-order valence-electron chi connectivity index (χ3n) is 12.1. The molecule has 0 radical (unpaired) electrons. The number of aliphatic hydroxyl groups excluding tert-OH is 3. The van der Waals surface area contributed by atoms with Crippen molar-refractivity contribution >= 4 is 59.1 Å². The summed E-state index contributed by atoms with van der Waals surface area (Å²) in [7, 11) is 0. The molecule has 1 aliphatic rings. The lowest BCUT2D eigenvalue weighted by molar-refractivity contribution is -0.556. The number of nitroso groups, excluding NO2 is 1. The van der Waals surface area contributed by atoms with Gasteiger partial charge in [-0.05, 0) is 64.3 Å². The number of rotatable bonds is 34. The molecule has 8 atom stereocenters. The van der Waals surface area contributed by atoms with Crippen LogP contribution in [-0.4, -0.2) is 194 Å². The van der Waals surface area contributed by atoms with E-state index in [1.807, 2.05) is 5.32 Å². The van der Waals surface area contributed by atoms with E-state index in [0.717, 1.165) is 44.9 Å². The van der Waals surface area contributed by atoms with E-state index in [0.29, 0.717) is 19.3 Å². The maximum Gasteiger partial charge on any atom is 0.335 e. The van der Waals surface area contributed by atoms with E-state index in [2.05, 4.69) is 60.0 Å². The standard InChI is InChI=1S/C45H80N14O18/c1-2-3-4-5-6-7-8-9-10-20-34(62)55-36(37(64)45(72)73)44(71)54-33(27-61)43(70)53-32(26-60)42(69)52-30-17-13-22-47-38(65)28(18-14-23-58(76)56-74)49-35(63)25-48-39(66)29(16-11-12-21-46)50-41(68)31(51-40(30)67)19-15-24-59(77)57-75/h28-33,36-37,60-61,64,75-76H,2-27,46H2,1H3,(H,47,65)(H,48,66)(H,49,63)(H,50,68)(H,51,67)(H,52,69)(H,53,70)(H,54,71)(H,55,62)(H,72,73). The van der Waals surface area contributed by atoms with Crippen molar-refractivity contribution in [1.29, 1.82) is 0 Å². The molecule has 9 amide bonds. The van der Waals surface area contributed by atoms with Gasteiger partial charge in [0.25, 0.3) is 0 Å². The Morgan fingerprint density at radius 2 is 1.30 bits per heavy atom. The van der Waals surface area contributed by atoms with Crippen molar-refractivity contribution in [2.24, 2.45) is 16.3 Å². The molecule has 0 aromatic rings. The molecule has 0 bridgehead atoms. The fourth-order valence-electron chi connectivity index (χ4n) is 7.71. The highest BCUT2D eigenvalue weighted by molar-refractivity contribution is 5.98. The molecule has 32 nitrogen and oxygen atoms in total. The van der Waals surface area contributed by atoms with Gasteiger partial charge in [-0.25, -0.2) is 4.79 Å². The lowest BCUT2D eigenvalue weighted by Gasteiger charge is -2.27. The Labute approximate surface area is 444 Å². The first-order valence-electron chi connectivity index (χ1n) is 25.8. The van der Waals surface area contributed by atoms with Crippen LogP contribution in [0.1, 0.15) is 129 Å². The summed E-state index contributed by atoms with van der Waals surface area (Å²) in [5.74, 6) is -11.3. The van der Waals surface area contributed by atoms with Gasteiger partial charge in [0.1, 0.15) is 42.3 Å². The second-order valence-corrected chi connectivity index (χ2v) is 18.3. The average molecular weight is 1110 g/mol. The predicted octanol–water partition coefficient (Wildman–Crippen LogP) is -3.83. The Bertz CT molecular complexity index is 1940. The fourth-order valence-corrected chi connectivity index (χ4v) is 7.71. The number of aliphatic carboxylic acids is 1. The number of hydrogen-bond acceptors (Lipinski definition) is 19. The maximum atomic E-state index is 14.1. The van der Waals surface area contributed by atoms with Gasteiger partial charge in [0, 0.05) is 19.4 Å². The minimum Gasteiger partial charge on any atom is -0.597 e. The molecular formula is C45H80N14O18. The first-order chi connectivity index (χ1) is 36.8. The zero-order valence-corrected chi connectivity index (χ0v) is 43.5. The van der Waals surface area contributed by atoms with Gasteiger partial charge in [0.2, 0.25) is 53.2 Å². The maximum absolute atomic E-state index is 14.1. The number of carboxylic acid groups (broad SMARTS) is 1. The number of carboxylic acids is 1. The Hall–Kier alpha value is -6.90. The van der Waals surface area contributed by atoms with Crippen LogP contribution in [0.25, 0.3) is 0 Å². The number of aliphatic hydroxyl groups is 3. The summed E-state index contributed by atoms with van der Waals surface area (Å²) < 4.78 is 0. The van der Waals surface area contributed by atoms with Gasteiger partial charge in [-0.3, -0.25) is 48.4 Å². The monoisotopic (exact) mass is 1100 g/mol. The van der Waals surface area contributed by atoms with Gasteiger partial charge in [-0.1, -0.05) is 63.2 Å². The zero-order chi connectivity index (χ0) is 57.7. The number of nitrogens with zero attached hydrogens (tertiary/aromatic N) is 4. The molecule has 0 aliphatic carbocycles. The van der Waals surface area contributed by atoms with Gasteiger partial charge in [0.15, 0.2) is 17.9 Å². The molecule has 0 spiro atoms. The van der Waals surface area contributed by atoms with Gasteiger partial charge >= 0.3 is 5.97 Å². The van der Waals surface area contributed by atoms with E-state index in [9.17, 15) is 83.7 Å². The van der Waals surface area contributed by atoms with Gasteiger partial charge < -0.3 is 84.4 Å². The van der Waals surface area contributed by atoms with Crippen LogP contribution in [0, 0.1) is 10.1 Å². The molecule has 1 fully saturated rings. The molecule has 77 heavy (non-hydrogen) atoms. The Balaban J connectivity index is 3.45. The number of carbonyl (C=O) groups is 10. The van der Waals surface area contributed by atoms with E-state index in [4.69, 9.17) is 10.9 Å². The van der Waals surface area contributed by atoms with Gasteiger partial charge in [-0.2, -0.15) is 0 Å². The quantitative estimate of drug-likeness (QED) is 0.00965. The van der Waals surface area contributed by atoms with Gasteiger partial charge in [-0.15, -0.1) is 10.1 Å². The molecule has 438 valence electrons. The van der Waals surface area contributed by atoms with Crippen LogP contribution in [0.2, 0.25) is 0 Å². The summed E-state index contributed by atoms with van der Waals surface area (Å²) in [6, 6.07) is -12.0. The van der Waals surface area contributed by atoms with E-state index in [1.54, 1.807) is 0 Å². The van der Waals surface area contributed by atoms with Crippen LogP contribution in [0.4, 0.5) is 0 Å². The molecular weight excluding hydrogens is 1020 g/mol. The number of hydrogen-bond donors (Lipinski definition) is 16. The third kappa shape index (κ3) is 28.2. The van der Waals surface area contributed by atoms with E-state index in [-0.39, 0.29) is 87.5 Å². The highest BCUT2D eigenvalue weighted by Gasteiger charge is 2.37. The van der Waals surface area contributed by atoms with Crippen molar-refractivity contribution in [3.05, 3.63) is 10.1 Å². The lowest BCUT2D eigenvalue weighted by Crippen LogP contribution is -2.62.